The van der Waals surface area contributed by atoms with Crippen molar-refractivity contribution in [1.29, 1.82) is 0 Å². The van der Waals surface area contributed by atoms with Gasteiger partial charge in [0.15, 0.2) is 23.1 Å². The van der Waals surface area contributed by atoms with Crippen molar-refractivity contribution in [3.8, 4) is 22.6 Å². The van der Waals surface area contributed by atoms with Gasteiger partial charge in [0, 0.05) is 36.1 Å². The Bertz CT molecular complexity index is 1410. The van der Waals surface area contributed by atoms with Gasteiger partial charge < -0.3 is 14.1 Å². The Labute approximate surface area is 185 Å². The van der Waals surface area contributed by atoms with Crippen molar-refractivity contribution in [3.05, 3.63) is 82.9 Å². The molecule has 0 atom stereocenters. The molecule has 0 saturated carbocycles. The van der Waals surface area contributed by atoms with Gasteiger partial charge in [-0.3, -0.25) is 0 Å². The summed E-state index contributed by atoms with van der Waals surface area (Å²) in [5.74, 6) is 1.69. The maximum Gasteiger partial charge on any atom is 0.191 e. The minimum absolute atomic E-state index is 0.263. The molecule has 1 N–H and O–H groups in total. The van der Waals surface area contributed by atoms with Crippen LogP contribution in [0.4, 0.5) is 15.9 Å². The predicted octanol–water partition coefficient (Wildman–Crippen LogP) is 6.31. The van der Waals surface area contributed by atoms with E-state index in [0.717, 1.165) is 33.8 Å². The van der Waals surface area contributed by atoms with Crippen LogP contribution in [0.3, 0.4) is 0 Å². The molecule has 0 aliphatic heterocycles. The zero-order valence-corrected chi connectivity index (χ0v) is 18.3. The molecule has 0 aliphatic rings. The minimum atomic E-state index is -0.263. The summed E-state index contributed by atoms with van der Waals surface area (Å²) in [6.45, 7) is 3.68. The number of rotatable bonds is 4. The molecule has 6 nitrogen and oxygen atoms in total. The summed E-state index contributed by atoms with van der Waals surface area (Å²) >= 11 is 3.46. The van der Waals surface area contributed by atoms with Gasteiger partial charge in [0.05, 0.1) is 11.9 Å². The fourth-order valence-corrected chi connectivity index (χ4v) is 3.84. The first-order valence-corrected chi connectivity index (χ1v) is 10.4. The van der Waals surface area contributed by atoms with Crippen LogP contribution in [-0.4, -0.2) is 19.4 Å². The lowest BCUT2D eigenvalue weighted by Crippen LogP contribution is -1.98. The van der Waals surface area contributed by atoms with Gasteiger partial charge in [0.2, 0.25) is 0 Å². The monoisotopic (exact) mass is 477 g/mol. The molecule has 0 aliphatic carbocycles. The maximum atomic E-state index is 13.5. The summed E-state index contributed by atoms with van der Waals surface area (Å²) < 4.78 is 21.6. The lowest BCUT2D eigenvalue weighted by molar-refractivity contribution is 0.534. The average Bonchev–Trinajstić information content (AvgIpc) is 3.35. The number of aryl methyl sites for hydroxylation is 2. The molecule has 3 heterocycles. The van der Waals surface area contributed by atoms with Crippen molar-refractivity contribution >= 4 is 33.1 Å². The molecule has 3 aromatic heterocycles. The molecule has 31 heavy (non-hydrogen) atoms. The highest BCUT2D eigenvalue weighted by Crippen LogP contribution is 2.29. The SMILES string of the molecule is Cc1ncc(-c2ccc(Nc3nc(Br)cn4cc(-c5ccc(F)cc5C)nc34)cc2)o1. The van der Waals surface area contributed by atoms with E-state index in [9.17, 15) is 4.39 Å². The first-order valence-electron chi connectivity index (χ1n) is 9.58. The smallest absolute Gasteiger partial charge is 0.191 e. The maximum absolute atomic E-state index is 13.5. The molecule has 5 rings (SSSR count). The number of hydrogen-bond acceptors (Lipinski definition) is 5. The summed E-state index contributed by atoms with van der Waals surface area (Å²) in [5.41, 5.74) is 4.90. The fourth-order valence-electron chi connectivity index (χ4n) is 3.45. The molecule has 0 saturated heterocycles. The van der Waals surface area contributed by atoms with E-state index in [1.54, 1.807) is 12.3 Å². The third-order valence-electron chi connectivity index (χ3n) is 4.93. The highest BCUT2D eigenvalue weighted by molar-refractivity contribution is 9.10. The molecule has 2 aromatic carbocycles. The molecule has 154 valence electrons. The molecule has 0 fully saturated rings. The van der Waals surface area contributed by atoms with Crippen LogP contribution in [0.1, 0.15) is 11.5 Å². The lowest BCUT2D eigenvalue weighted by atomic mass is 10.1. The molecule has 0 spiro atoms. The van der Waals surface area contributed by atoms with Crippen molar-refractivity contribution in [2.24, 2.45) is 0 Å². The number of benzene rings is 2. The molecule has 0 amide bonds. The number of halogens is 2. The van der Waals surface area contributed by atoms with E-state index in [2.05, 4.69) is 31.2 Å². The molecule has 0 bridgehead atoms. The molecular formula is C23H17BrFN5O. The van der Waals surface area contributed by atoms with E-state index in [1.165, 1.54) is 12.1 Å². The topological polar surface area (TPSA) is 68.2 Å². The molecular weight excluding hydrogens is 461 g/mol. The van der Waals surface area contributed by atoms with Crippen LogP contribution < -0.4 is 5.32 Å². The van der Waals surface area contributed by atoms with E-state index in [4.69, 9.17) is 9.40 Å². The largest absolute Gasteiger partial charge is 0.441 e. The summed E-state index contributed by atoms with van der Waals surface area (Å²) in [6.07, 6.45) is 5.45. The van der Waals surface area contributed by atoms with Crippen molar-refractivity contribution in [3.63, 3.8) is 0 Å². The third kappa shape index (κ3) is 3.82. The summed E-state index contributed by atoms with van der Waals surface area (Å²) in [5, 5.41) is 3.33. The van der Waals surface area contributed by atoms with Crippen LogP contribution in [0.2, 0.25) is 0 Å². The number of anilines is 2. The first-order chi connectivity index (χ1) is 15.0. The number of nitrogens with zero attached hydrogens (tertiary/aromatic N) is 4. The highest BCUT2D eigenvalue weighted by Gasteiger charge is 2.13. The predicted molar refractivity (Wildman–Crippen MR) is 121 cm³/mol. The Morgan fingerprint density at radius 3 is 2.55 bits per heavy atom. The van der Waals surface area contributed by atoms with E-state index >= 15 is 0 Å². The third-order valence-corrected chi connectivity index (χ3v) is 5.31. The number of nitrogens with one attached hydrogen (secondary N) is 1. The van der Waals surface area contributed by atoms with Crippen molar-refractivity contribution in [2.75, 3.05) is 5.32 Å². The Hall–Kier alpha value is -3.52. The zero-order valence-electron chi connectivity index (χ0n) is 16.7. The van der Waals surface area contributed by atoms with Crippen molar-refractivity contribution in [2.45, 2.75) is 13.8 Å². The number of hydrogen-bond donors (Lipinski definition) is 1. The average molecular weight is 478 g/mol. The van der Waals surface area contributed by atoms with Crippen LogP contribution in [-0.2, 0) is 0 Å². The van der Waals surface area contributed by atoms with E-state index in [1.807, 2.05) is 54.9 Å². The van der Waals surface area contributed by atoms with Crippen molar-refractivity contribution in [1.82, 2.24) is 19.4 Å². The molecule has 5 aromatic rings. The first kappa shape index (κ1) is 19.4. The number of fused-ring (bicyclic) bond motifs is 1. The Morgan fingerprint density at radius 2 is 1.84 bits per heavy atom. The Kier molecular flexibility index (Phi) is 4.78. The molecule has 8 heteroatoms. The molecule has 0 radical (unpaired) electrons. The van der Waals surface area contributed by atoms with E-state index in [0.29, 0.717) is 22.0 Å². The van der Waals surface area contributed by atoms with Gasteiger partial charge in [-0.2, -0.15) is 0 Å². The quantitative estimate of drug-likeness (QED) is 0.328. The van der Waals surface area contributed by atoms with Crippen molar-refractivity contribution < 1.29 is 8.81 Å². The number of aromatic nitrogens is 4. The minimum Gasteiger partial charge on any atom is -0.441 e. The van der Waals surface area contributed by atoms with Gasteiger partial charge >= 0.3 is 0 Å². The van der Waals surface area contributed by atoms with E-state index < -0.39 is 0 Å². The van der Waals surface area contributed by atoms with Crippen LogP contribution in [0, 0.1) is 19.7 Å². The van der Waals surface area contributed by atoms with Gasteiger partial charge in [0.25, 0.3) is 0 Å². The number of imidazole rings is 1. The number of oxazole rings is 1. The fraction of sp³-hybridized carbons (Fsp3) is 0.0870. The Balaban J connectivity index is 1.50. The summed E-state index contributed by atoms with van der Waals surface area (Å²) in [6, 6.07) is 12.5. The van der Waals surface area contributed by atoms with Crippen LogP contribution in [0.5, 0.6) is 0 Å². The zero-order chi connectivity index (χ0) is 21.5. The highest BCUT2D eigenvalue weighted by atomic mass is 79.9. The lowest BCUT2D eigenvalue weighted by Gasteiger charge is -2.08. The summed E-state index contributed by atoms with van der Waals surface area (Å²) in [7, 11) is 0. The second kappa shape index (κ2) is 7.63. The Morgan fingerprint density at radius 1 is 1.03 bits per heavy atom. The van der Waals surface area contributed by atoms with Crippen LogP contribution in [0.15, 0.2) is 70.1 Å². The van der Waals surface area contributed by atoms with Gasteiger partial charge in [0.1, 0.15) is 10.4 Å². The normalized spacial score (nSPS) is 11.2. The van der Waals surface area contributed by atoms with Gasteiger partial charge in [-0.1, -0.05) is 0 Å². The van der Waals surface area contributed by atoms with Crippen LogP contribution >= 0.6 is 15.9 Å². The molecule has 0 unspecified atom stereocenters. The van der Waals surface area contributed by atoms with Gasteiger partial charge in [-0.05, 0) is 70.9 Å². The summed E-state index contributed by atoms with van der Waals surface area (Å²) in [4.78, 5) is 13.4. The second-order valence-corrected chi connectivity index (χ2v) is 7.99. The van der Waals surface area contributed by atoms with Crippen LogP contribution in [0.25, 0.3) is 28.2 Å². The van der Waals surface area contributed by atoms with Gasteiger partial charge in [-0.15, -0.1) is 0 Å². The van der Waals surface area contributed by atoms with E-state index in [-0.39, 0.29) is 5.82 Å². The second-order valence-electron chi connectivity index (χ2n) is 7.17. The standard InChI is InChI=1S/C23H17BrFN5O/c1-13-9-16(25)5-8-18(13)19-11-30-12-21(24)29-22(23(30)28-19)27-17-6-3-15(4-7-17)20-10-26-14(2)31-20/h3-12H,1-2H3,(H,27,29). The van der Waals surface area contributed by atoms with Gasteiger partial charge in [-0.25, -0.2) is 19.3 Å².